The summed E-state index contributed by atoms with van der Waals surface area (Å²) in [6, 6.07) is 18.2. The van der Waals surface area contributed by atoms with Crippen LogP contribution in [0.3, 0.4) is 0 Å². The summed E-state index contributed by atoms with van der Waals surface area (Å²) in [6.07, 6.45) is 0. The standard InChI is InChI=1S/C19H17N3OS/c1-13-17(24-19(20-13)14-7-3-2-4-8-14)11-22-16-10-6-5-9-15(16)21-18(22)12-23/h2-10,23H,11-12H2,1H3. The number of imidazole rings is 1. The highest BCUT2D eigenvalue weighted by molar-refractivity contribution is 7.15. The zero-order valence-corrected chi connectivity index (χ0v) is 14.1. The highest BCUT2D eigenvalue weighted by Crippen LogP contribution is 2.29. The molecule has 0 aliphatic carbocycles. The molecule has 0 spiro atoms. The van der Waals surface area contributed by atoms with Gasteiger partial charge in [-0.3, -0.25) is 0 Å². The molecule has 0 amide bonds. The Kier molecular flexibility index (Phi) is 3.88. The Morgan fingerprint density at radius 3 is 2.54 bits per heavy atom. The molecule has 0 radical (unpaired) electrons. The summed E-state index contributed by atoms with van der Waals surface area (Å²) in [7, 11) is 0. The Labute approximate surface area is 144 Å². The fourth-order valence-electron chi connectivity index (χ4n) is 2.85. The summed E-state index contributed by atoms with van der Waals surface area (Å²) < 4.78 is 2.07. The molecule has 0 saturated carbocycles. The van der Waals surface area contributed by atoms with Gasteiger partial charge in [0.15, 0.2) is 0 Å². The third-order valence-corrected chi connectivity index (χ3v) is 5.28. The molecule has 1 N–H and O–H groups in total. The van der Waals surface area contributed by atoms with Crippen LogP contribution >= 0.6 is 11.3 Å². The number of nitrogens with zero attached hydrogens (tertiary/aromatic N) is 3. The molecule has 0 aliphatic rings. The average molecular weight is 335 g/mol. The van der Waals surface area contributed by atoms with E-state index in [0.29, 0.717) is 12.4 Å². The molecule has 0 unspecified atom stereocenters. The fraction of sp³-hybridized carbons (Fsp3) is 0.158. The van der Waals surface area contributed by atoms with Gasteiger partial charge in [0.2, 0.25) is 0 Å². The van der Waals surface area contributed by atoms with E-state index in [1.165, 1.54) is 4.88 Å². The van der Waals surface area contributed by atoms with Crippen molar-refractivity contribution < 1.29 is 5.11 Å². The molecule has 0 bridgehead atoms. The first-order valence-electron chi connectivity index (χ1n) is 7.83. The topological polar surface area (TPSA) is 50.9 Å². The largest absolute Gasteiger partial charge is 0.388 e. The van der Waals surface area contributed by atoms with Gasteiger partial charge in [0.05, 0.1) is 23.3 Å². The average Bonchev–Trinajstić information content (AvgIpc) is 3.17. The molecule has 0 fully saturated rings. The maximum Gasteiger partial charge on any atom is 0.136 e. The number of hydrogen-bond donors (Lipinski definition) is 1. The van der Waals surface area contributed by atoms with E-state index in [2.05, 4.69) is 21.7 Å². The number of para-hydroxylation sites is 2. The van der Waals surface area contributed by atoms with Gasteiger partial charge in [-0.15, -0.1) is 11.3 Å². The summed E-state index contributed by atoms with van der Waals surface area (Å²) in [6.45, 7) is 2.64. The van der Waals surface area contributed by atoms with Gasteiger partial charge in [0.1, 0.15) is 17.4 Å². The summed E-state index contributed by atoms with van der Waals surface area (Å²) in [4.78, 5) is 10.4. The van der Waals surface area contributed by atoms with E-state index in [9.17, 15) is 5.11 Å². The molecule has 4 nitrogen and oxygen atoms in total. The Morgan fingerprint density at radius 1 is 1.00 bits per heavy atom. The number of thiazole rings is 1. The Hall–Kier alpha value is -2.50. The zero-order chi connectivity index (χ0) is 16.5. The Balaban J connectivity index is 1.75. The van der Waals surface area contributed by atoms with Crippen molar-refractivity contribution in [2.24, 2.45) is 0 Å². The molecule has 2 aromatic heterocycles. The third-order valence-electron chi connectivity index (χ3n) is 4.09. The minimum absolute atomic E-state index is 0.0714. The van der Waals surface area contributed by atoms with Gasteiger partial charge in [0, 0.05) is 10.4 Å². The second-order valence-corrected chi connectivity index (χ2v) is 6.74. The van der Waals surface area contributed by atoms with Crippen molar-refractivity contribution in [1.29, 1.82) is 0 Å². The monoisotopic (exact) mass is 335 g/mol. The van der Waals surface area contributed by atoms with Crippen LogP contribution in [0.25, 0.3) is 21.6 Å². The van der Waals surface area contributed by atoms with E-state index in [-0.39, 0.29) is 6.61 Å². The minimum atomic E-state index is -0.0714. The van der Waals surface area contributed by atoms with Crippen molar-refractivity contribution in [2.75, 3.05) is 0 Å². The van der Waals surface area contributed by atoms with Gasteiger partial charge in [-0.1, -0.05) is 42.5 Å². The van der Waals surface area contributed by atoms with Crippen LogP contribution in [0.1, 0.15) is 16.4 Å². The highest BCUT2D eigenvalue weighted by Gasteiger charge is 2.14. The maximum absolute atomic E-state index is 9.65. The molecule has 120 valence electrons. The van der Waals surface area contributed by atoms with Crippen molar-refractivity contribution in [3.63, 3.8) is 0 Å². The minimum Gasteiger partial charge on any atom is -0.388 e. The molecule has 5 heteroatoms. The van der Waals surface area contributed by atoms with E-state index in [1.54, 1.807) is 11.3 Å². The van der Waals surface area contributed by atoms with Crippen molar-refractivity contribution >= 4 is 22.4 Å². The predicted octanol–water partition coefficient (Wildman–Crippen LogP) is 4.01. The van der Waals surface area contributed by atoms with Crippen LogP contribution in [-0.2, 0) is 13.2 Å². The number of fused-ring (bicyclic) bond motifs is 1. The summed E-state index contributed by atoms with van der Waals surface area (Å²) in [5.41, 5.74) is 4.11. The van der Waals surface area contributed by atoms with Crippen LogP contribution in [0.4, 0.5) is 0 Å². The van der Waals surface area contributed by atoms with Crippen molar-refractivity contribution in [2.45, 2.75) is 20.1 Å². The van der Waals surface area contributed by atoms with Crippen molar-refractivity contribution in [1.82, 2.24) is 14.5 Å². The third kappa shape index (κ3) is 2.62. The van der Waals surface area contributed by atoms with E-state index in [1.807, 2.05) is 49.4 Å². The summed E-state index contributed by atoms with van der Waals surface area (Å²) in [5, 5.41) is 10.7. The van der Waals surface area contributed by atoms with Gasteiger partial charge in [-0.2, -0.15) is 0 Å². The molecule has 0 atom stereocenters. The molecular formula is C19H17N3OS. The van der Waals surface area contributed by atoms with Gasteiger partial charge >= 0.3 is 0 Å². The molecule has 2 heterocycles. The fourth-order valence-corrected chi connectivity index (χ4v) is 3.90. The van der Waals surface area contributed by atoms with Crippen LogP contribution in [0.15, 0.2) is 54.6 Å². The summed E-state index contributed by atoms with van der Waals surface area (Å²) >= 11 is 1.70. The normalized spacial score (nSPS) is 11.2. The lowest BCUT2D eigenvalue weighted by atomic mass is 10.2. The van der Waals surface area contributed by atoms with Gasteiger partial charge < -0.3 is 9.67 Å². The van der Waals surface area contributed by atoms with Crippen LogP contribution in [0.5, 0.6) is 0 Å². The quantitative estimate of drug-likeness (QED) is 0.613. The number of aryl methyl sites for hydroxylation is 1. The van der Waals surface area contributed by atoms with E-state index in [0.717, 1.165) is 27.3 Å². The van der Waals surface area contributed by atoms with Crippen molar-refractivity contribution in [3.8, 4) is 10.6 Å². The number of aromatic nitrogens is 3. The molecule has 2 aromatic carbocycles. The highest BCUT2D eigenvalue weighted by atomic mass is 32.1. The molecule has 4 aromatic rings. The first-order chi connectivity index (χ1) is 11.8. The lowest BCUT2D eigenvalue weighted by Gasteiger charge is -2.06. The van der Waals surface area contributed by atoms with E-state index >= 15 is 0 Å². The smallest absolute Gasteiger partial charge is 0.136 e. The van der Waals surface area contributed by atoms with Crippen LogP contribution in [0.2, 0.25) is 0 Å². The molecular weight excluding hydrogens is 318 g/mol. The van der Waals surface area contributed by atoms with Gasteiger partial charge in [-0.05, 0) is 19.1 Å². The molecule has 0 aliphatic heterocycles. The van der Waals surface area contributed by atoms with Gasteiger partial charge in [-0.25, -0.2) is 9.97 Å². The second-order valence-electron chi connectivity index (χ2n) is 5.65. The zero-order valence-electron chi connectivity index (χ0n) is 13.3. The Bertz CT molecular complexity index is 988. The second kappa shape index (κ2) is 6.19. The van der Waals surface area contributed by atoms with E-state index in [4.69, 9.17) is 4.98 Å². The molecule has 24 heavy (non-hydrogen) atoms. The number of rotatable bonds is 4. The SMILES string of the molecule is Cc1nc(-c2ccccc2)sc1Cn1c(CO)nc2ccccc21. The van der Waals surface area contributed by atoms with Gasteiger partial charge in [0.25, 0.3) is 0 Å². The lowest BCUT2D eigenvalue weighted by molar-refractivity contribution is 0.267. The van der Waals surface area contributed by atoms with Crippen LogP contribution in [-0.4, -0.2) is 19.6 Å². The first-order valence-corrected chi connectivity index (χ1v) is 8.64. The Morgan fingerprint density at radius 2 is 1.75 bits per heavy atom. The lowest BCUT2D eigenvalue weighted by Crippen LogP contribution is -2.04. The molecule has 0 saturated heterocycles. The first kappa shape index (κ1) is 15.1. The number of benzene rings is 2. The predicted molar refractivity (Wildman–Crippen MR) is 97.0 cm³/mol. The van der Waals surface area contributed by atoms with Crippen LogP contribution in [0, 0.1) is 6.92 Å². The number of aliphatic hydroxyl groups is 1. The van der Waals surface area contributed by atoms with Crippen LogP contribution < -0.4 is 0 Å². The molecule has 4 rings (SSSR count). The van der Waals surface area contributed by atoms with E-state index < -0.39 is 0 Å². The summed E-state index contributed by atoms with van der Waals surface area (Å²) in [5.74, 6) is 0.685. The number of aliphatic hydroxyl groups excluding tert-OH is 1. The number of hydrogen-bond acceptors (Lipinski definition) is 4. The van der Waals surface area contributed by atoms with Crippen molar-refractivity contribution in [3.05, 3.63) is 71.0 Å². The maximum atomic E-state index is 9.65.